The van der Waals surface area contributed by atoms with Crippen molar-refractivity contribution in [2.24, 2.45) is 0 Å². The third kappa shape index (κ3) is 7.60. The van der Waals surface area contributed by atoms with Crippen molar-refractivity contribution in [3.05, 3.63) is 182 Å². The van der Waals surface area contributed by atoms with Gasteiger partial charge < -0.3 is 0 Å². The van der Waals surface area contributed by atoms with Crippen LogP contribution in [-0.4, -0.2) is 16.2 Å². The highest BCUT2D eigenvalue weighted by Crippen LogP contribution is 2.73. The van der Waals surface area contributed by atoms with Crippen LogP contribution in [0.1, 0.15) is 20.8 Å². The van der Waals surface area contributed by atoms with Crippen LogP contribution in [-0.2, 0) is 0 Å². The fourth-order valence-corrected chi connectivity index (χ4v) is 25.1. The summed E-state index contributed by atoms with van der Waals surface area (Å²) in [6, 6.07) is 68.3. The highest BCUT2D eigenvalue weighted by molar-refractivity contribution is 7.96. The highest BCUT2D eigenvalue weighted by Gasteiger charge is 2.41. The predicted molar refractivity (Wildman–Crippen MR) is 213 cm³/mol. The molecule has 6 rings (SSSR count). The van der Waals surface area contributed by atoms with Crippen LogP contribution in [0.15, 0.2) is 182 Å². The van der Waals surface area contributed by atoms with Gasteiger partial charge in [0.15, 0.2) is 0 Å². The number of hydrogen-bond donors (Lipinski definition) is 0. The summed E-state index contributed by atoms with van der Waals surface area (Å²) in [7, 11) is -2.29. The van der Waals surface area contributed by atoms with Crippen molar-refractivity contribution < 1.29 is 0 Å². The zero-order chi connectivity index (χ0) is 31.7. The van der Waals surface area contributed by atoms with Gasteiger partial charge >= 0.3 is 0 Å². The van der Waals surface area contributed by atoms with E-state index in [0.717, 1.165) is 0 Å². The Morgan fingerprint density at radius 3 is 0.565 bits per heavy atom. The summed E-state index contributed by atoms with van der Waals surface area (Å²) < 4.78 is 0. The van der Waals surface area contributed by atoms with Crippen LogP contribution in [0.3, 0.4) is 0 Å². The Kier molecular flexibility index (Phi) is 11.6. The molecule has 0 nitrogen and oxygen atoms in total. The van der Waals surface area contributed by atoms with Gasteiger partial charge in [-0.05, 0) is 55.6 Å². The first-order valence-electron chi connectivity index (χ1n) is 16.1. The Balaban J connectivity index is 1.55. The van der Waals surface area contributed by atoms with Crippen LogP contribution < -0.4 is 31.8 Å². The zero-order valence-corrected chi connectivity index (χ0v) is 30.4. The van der Waals surface area contributed by atoms with Gasteiger partial charge in [0.2, 0.25) is 0 Å². The Bertz CT molecular complexity index is 1400. The summed E-state index contributed by atoms with van der Waals surface area (Å²) in [5, 5.41) is 10.4. The molecule has 230 valence electrons. The summed E-state index contributed by atoms with van der Waals surface area (Å²) in [6.45, 7) is 7.83. The lowest BCUT2D eigenvalue weighted by Gasteiger charge is -2.45. The average molecular weight is 671 g/mol. The van der Waals surface area contributed by atoms with Gasteiger partial charge in [-0.2, -0.15) is 0 Å². The molecule has 0 N–H and O–H groups in total. The van der Waals surface area contributed by atoms with Crippen LogP contribution in [0.5, 0.6) is 0 Å². The van der Waals surface area contributed by atoms with E-state index >= 15 is 0 Å². The largest absolute Gasteiger partial charge is 0.0829 e. The van der Waals surface area contributed by atoms with E-state index in [0.29, 0.717) is 16.2 Å². The van der Waals surface area contributed by atoms with Crippen molar-refractivity contribution in [2.75, 3.05) is 0 Å². The molecule has 6 aromatic carbocycles. The molecule has 0 saturated carbocycles. The lowest BCUT2D eigenvalue weighted by atomic mass is 10.4. The third-order valence-corrected chi connectivity index (χ3v) is 23.1. The Morgan fingerprint density at radius 1 is 0.261 bits per heavy atom. The van der Waals surface area contributed by atoms with E-state index in [2.05, 4.69) is 203 Å². The summed E-state index contributed by atoms with van der Waals surface area (Å²) in [4.78, 5) is 0. The van der Waals surface area contributed by atoms with Gasteiger partial charge in [-0.3, -0.25) is 0 Å². The number of benzene rings is 6. The molecule has 0 bridgehead atoms. The molecule has 0 aromatic heterocycles. The molecule has 3 unspecified atom stereocenters. The lowest BCUT2D eigenvalue weighted by Crippen LogP contribution is -2.29. The van der Waals surface area contributed by atoms with E-state index < -0.39 is 31.7 Å². The van der Waals surface area contributed by atoms with E-state index in [1.54, 1.807) is 0 Å². The van der Waals surface area contributed by atoms with Crippen LogP contribution in [0.25, 0.3) is 0 Å². The fourth-order valence-electron chi connectivity index (χ4n) is 6.61. The Morgan fingerprint density at radius 2 is 0.413 bits per heavy atom. The monoisotopic (exact) mass is 670 g/mol. The van der Waals surface area contributed by atoms with Gasteiger partial charge in [0.05, 0.1) is 0 Å². The van der Waals surface area contributed by atoms with Crippen LogP contribution >= 0.6 is 31.7 Å². The summed E-state index contributed by atoms with van der Waals surface area (Å²) in [5.74, 6) is 0. The molecule has 0 radical (unpaired) electrons. The fraction of sp³-hybridized carbons (Fsp3) is 0.143. The molecule has 46 heavy (non-hydrogen) atoms. The van der Waals surface area contributed by atoms with E-state index in [1.165, 1.54) is 31.8 Å². The number of hydrogen-bond acceptors (Lipinski definition) is 0. The summed E-state index contributed by atoms with van der Waals surface area (Å²) in [5.41, 5.74) is 0. The lowest BCUT2D eigenvalue weighted by molar-refractivity contribution is 1.22. The van der Waals surface area contributed by atoms with Gasteiger partial charge in [-0.25, -0.2) is 0 Å². The van der Waals surface area contributed by atoms with Crippen molar-refractivity contribution >= 4 is 63.5 Å². The Labute approximate surface area is 281 Å². The molecule has 0 aliphatic rings. The molecular formula is C42H42P4. The minimum absolute atomic E-state index is 0.509. The topological polar surface area (TPSA) is 0 Å². The van der Waals surface area contributed by atoms with Crippen LogP contribution in [0, 0.1) is 0 Å². The van der Waals surface area contributed by atoms with Gasteiger partial charge in [0.25, 0.3) is 0 Å². The molecule has 0 fully saturated rings. The molecule has 0 saturated heterocycles. The average Bonchev–Trinajstić information content (AvgIpc) is 3.12. The maximum absolute atomic E-state index is 2.61. The number of rotatable bonds is 12. The molecule has 6 aromatic rings. The maximum Gasteiger partial charge on any atom is 0.00576 e. The molecular weight excluding hydrogens is 628 g/mol. The summed E-state index contributed by atoms with van der Waals surface area (Å²) in [6.07, 6.45) is 0. The zero-order valence-electron chi connectivity index (χ0n) is 26.8. The van der Waals surface area contributed by atoms with Crippen molar-refractivity contribution in [3.63, 3.8) is 0 Å². The molecule has 0 amide bonds. The normalized spacial score (nSPS) is 14.2. The molecule has 0 spiro atoms. The quantitative estimate of drug-likeness (QED) is 0.114. The second-order valence-electron chi connectivity index (χ2n) is 11.5. The van der Waals surface area contributed by atoms with Gasteiger partial charge in [0.1, 0.15) is 0 Å². The predicted octanol–water partition coefficient (Wildman–Crippen LogP) is 9.90. The van der Waals surface area contributed by atoms with Crippen molar-refractivity contribution in [2.45, 2.75) is 37.0 Å². The third-order valence-electron chi connectivity index (χ3n) is 8.62. The van der Waals surface area contributed by atoms with E-state index in [-0.39, 0.29) is 0 Å². The first-order valence-corrected chi connectivity index (χ1v) is 21.9. The molecule has 0 aliphatic carbocycles. The molecule has 0 heterocycles. The smallest absolute Gasteiger partial charge is 0.00576 e. The van der Waals surface area contributed by atoms with Gasteiger partial charge in [0, 0.05) is 16.2 Å². The first kappa shape index (κ1) is 33.0. The van der Waals surface area contributed by atoms with Crippen LogP contribution in [0.2, 0.25) is 0 Å². The minimum Gasteiger partial charge on any atom is -0.0829 e. The van der Waals surface area contributed by atoms with Gasteiger partial charge in [-0.1, -0.05) is 211 Å². The van der Waals surface area contributed by atoms with E-state index in [9.17, 15) is 0 Å². The van der Waals surface area contributed by atoms with Crippen LogP contribution in [0.4, 0.5) is 0 Å². The van der Waals surface area contributed by atoms with E-state index in [1.807, 2.05) is 0 Å². The van der Waals surface area contributed by atoms with Gasteiger partial charge in [-0.15, -0.1) is 0 Å². The maximum atomic E-state index is 2.61. The second kappa shape index (κ2) is 16.2. The first-order chi connectivity index (χ1) is 22.6. The Hall–Kier alpha value is -2.96. The van der Waals surface area contributed by atoms with Crippen molar-refractivity contribution in [3.8, 4) is 0 Å². The van der Waals surface area contributed by atoms with Crippen molar-refractivity contribution in [1.29, 1.82) is 0 Å². The van der Waals surface area contributed by atoms with Crippen molar-refractivity contribution in [1.82, 2.24) is 0 Å². The summed E-state index contributed by atoms with van der Waals surface area (Å²) >= 11 is 0. The standard InChI is InChI=1S/C42H42P4/c1-34(44(37-22-10-4-11-23-37)38-24-12-5-13-25-38)43(35(2)45(39-26-14-6-15-27-39)40-28-16-7-17-29-40)36(3)46(41-30-18-8-19-31-41)42-32-20-9-21-33-42/h4-36H,1-3H3. The molecule has 3 atom stereocenters. The second-order valence-corrected chi connectivity index (χ2v) is 23.5. The molecule has 4 heteroatoms. The molecule has 0 aliphatic heterocycles. The highest BCUT2D eigenvalue weighted by atomic mass is 31.2. The minimum atomic E-state index is -0.592. The van der Waals surface area contributed by atoms with E-state index in [4.69, 9.17) is 0 Å². The SMILES string of the molecule is CC(P(c1ccccc1)c1ccccc1)P(C(C)P(c1ccccc1)c1ccccc1)C(C)P(c1ccccc1)c1ccccc1.